The summed E-state index contributed by atoms with van der Waals surface area (Å²) in [6.07, 6.45) is 2.67. The molecule has 0 bridgehead atoms. The van der Waals surface area contributed by atoms with Gasteiger partial charge in [-0.15, -0.1) is 0 Å². The maximum atomic E-state index is 13.2. The van der Waals surface area contributed by atoms with E-state index in [9.17, 15) is 18.8 Å². The summed E-state index contributed by atoms with van der Waals surface area (Å²) >= 11 is 6.31. The molecule has 146 valence electrons. The van der Waals surface area contributed by atoms with E-state index in [-0.39, 0.29) is 23.7 Å². The van der Waals surface area contributed by atoms with Gasteiger partial charge in [-0.2, -0.15) is 0 Å². The van der Waals surface area contributed by atoms with Crippen LogP contribution in [0.1, 0.15) is 15.9 Å². The third-order valence-corrected chi connectivity index (χ3v) is 4.82. The highest BCUT2D eigenvalue weighted by atomic mass is 35.5. The molecule has 1 aromatic heterocycles. The maximum Gasteiger partial charge on any atom is 0.333 e. The maximum absolute atomic E-state index is 13.2. The highest BCUT2D eigenvalue weighted by Crippen LogP contribution is 2.30. The summed E-state index contributed by atoms with van der Waals surface area (Å²) in [6.45, 7) is 0.268. The van der Waals surface area contributed by atoms with Crippen LogP contribution in [0.25, 0.3) is 10.9 Å². The van der Waals surface area contributed by atoms with Crippen molar-refractivity contribution in [2.75, 3.05) is 6.61 Å². The average molecular weight is 413 g/mol. The van der Waals surface area contributed by atoms with Gasteiger partial charge in [-0.1, -0.05) is 29.8 Å². The van der Waals surface area contributed by atoms with E-state index in [1.807, 2.05) is 0 Å². The van der Waals surface area contributed by atoms with Gasteiger partial charge in [0.15, 0.2) is 0 Å². The molecule has 1 aliphatic rings. The van der Waals surface area contributed by atoms with Crippen molar-refractivity contribution in [2.45, 2.75) is 6.54 Å². The topological polar surface area (TPSA) is 77.4 Å². The molecule has 4 rings (SSSR count). The Morgan fingerprint density at radius 3 is 2.62 bits per heavy atom. The zero-order valence-corrected chi connectivity index (χ0v) is 15.7. The van der Waals surface area contributed by atoms with Crippen LogP contribution in [0.15, 0.2) is 60.4 Å². The Kier molecular flexibility index (Phi) is 4.90. The van der Waals surface area contributed by atoms with Crippen LogP contribution in [0, 0.1) is 5.82 Å². The molecule has 1 N–H and O–H groups in total. The van der Waals surface area contributed by atoms with Crippen molar-refractivity contribution in [3.63, 3.8) is 0 Å². The second-order valence-corrected chi connectivity index (χ2v) is 6.90. The number of carbonyl (C=O) groups excluding carboxylic acids is 3. The van der Waals surface area contributed by atoms with Crippen molar-refractivity contribution in [1.82, 2.24) is 9.88 Å². The lowest BCUT2D eigenvalue weighted by molar-refractivity contribution is -0.135. The van der Waals surface area contributed by atoms with E-state index in [4.69, 9.17) is 16.3 Å². The number of halogens is 2. The number of amides is 1. The number of fused-ring (bicyclic) bond motifs is 1. The van der Waals surface area contributed by atoms with Gasteiger partial charge < -0.3 is 14.6 Å². The summed E-state index contributed by atoms with van der Waals surface area (Å²) in [6, 6.07) is 11.1. The number of ketones is 1. The number of ether oxygens (including phenoxy) is 1. The number of aromatic nitrogens is 1. The first-order chi connectivity index (χ1) is 13.9. The molecule has 0 atom stereocenters. The quantitative estimate of drug-likeness (QED) is 0.396. The van der Waals surface area contributed by atoms with E-state index in [1.54, 1.807) is 41.1 Å². The summed E-state index contributed by atoms with van der Waals surface area (Å²) in [5, 5.41) is 3.17. The zero-order valence-electron chi connectivity index (χ0n) is 14.9. The molecule has 1 aliphatic heterocycles. The fraction of sp³-hybridized carbons (Fsp3) is 0.0952. The molecule has 2 heterocycles. The minimum atomic E-state index is -0.893. The summed E-state index contributed by atoms with van der Waals surface area (Å²) in [5.74, 6) is -2.60. The van der Waals surface area contributed by atoms with E-state index in [2.05, 4.69) is 5.32 Å². The lowest BCUT2D eigenvalue weighted by atomic mass is 10.1. The summed E-state index contributed by atoms with van der Waals surface area (Å²) in [4.78, 5) is 36.3. The van der Waals surface area contributed by atoms with Gasteiger partial charge in [0.25, 0.3) is 11.7 Å². The van der Waals surface area contributed by atoms with Crippen LogP contribution in [0.3, 0.4) is 0 Å². The molecule has 0 saturated heterocycles. The van der Waals surface area contributed by atoms with Gasteiger partial charge in [0.05, 0.1) is 21.8 Å². The van der Waals surface area contributed by atoms with E-state index in [0.29, 0.717) is 22.5 Å². The van der Waals surface area contributed by atoms with E-state index < -0.39 is 17.7 Å². The molecule has 1 amide bonds. The van der Waals surface area contributed by atoms with Gasteiger partial charge in [-0.25, -0.2) is 9.18 Å². The first kappa shape index (κ1) is 18.9. The van der Waals surface area contributed by atoms with Crippen molar-refractivity contribution in [3.05, 3.63) is 82.4 Å². The molecule has 0 aliphatic carbocycles. The number of rotatable bonds is 5. The van der Waals surface area contributed by atoms with Crippen LogP contribution in [-0.4, -0.2) is 28.8 Å². The predicted molar refractivity (Wildman–Crippen MR) is 104 cm³/mol. The Morgan fingerprint density at radius 2 is 1.93 bits per heavy atom. The van der Waals surface area contributed by atoms with Crippen LogP contribution < -0.4 is 5.32 Å². The second-order valence-electron chi connectivity index (χ2n) is 6.49. The number of nitrogens with zero attached hydrogens (tertiary/aromatic N) is 1. The number of benzene rings is 2. The van der Waals surface area contributed by atoms with Crippen LogP contribution in [0.4, 0.5) is 4.39 Å². The molecule has 0 unspecified atom stereocenters. The molecule has 0 saturated carbocycles. The van der Waals surface area contributed by atoms with Crippen LogP contribution in [0.2, 0.25) is 5.02 Å². The Labute approximate surface area is 169 Å². The van der Waals surface area contributed by atoms with E-state index >= 15 is 0 Å². The van der Waals surface area contributed by atoms with Gasteiger partial charge in [-0.3, -0.25) is 9.59 Å². The fourth-order valence-corrected chi connectivity index (χ4v) is 3.44. The van der Waals surface area contributed by atoms with Crippen LogP contribution >= 0.6 is 11.6 Å². The SMILES string of the molecule is O=C1C=C(NC(=O)C(=O)c2cn(Cc3ccc(F)cc3)c3cccc(Cl)c23)CO1. The summed E-state index contributed by atoms with van der Waals surface area (Å²) in [5.41, 5.74) is 1.83. The second kappa shape index (κ2) is 7.52. The van der Waals surface area contributed by atoms with Gasteiger partial charge in [-0.05, 0) is 29.8 Å². The first-order valence-electron chi connectivity index (χ1n) is 8.67. The highest BCUT2D eigenvalue weighted by Gasteiger charge is 2.25. The molecule has 29 heavy (non-hydrogen) atoms. The summed E-state index contributed by atoms with van der Waals surface area (Å²) in [7, 11) is 0. The third kappa shape index (κ3) is 3.77. The molecule has 0 fully saturated rings. The molecular weight excluding hydrogens is 399 g/mol. The van der Waals surface area contributed by atoms with Crippen LogP contribution in [0.5, 0.6) is 0 Å². The molecule has 0 spiro atoms. The lowest BCUT2D eigenvalue weighted by Crippen LogP contribution is -2.31. The van der Waals surface area contributed by atoms with Crippen LogP contribution in [-0.2, 0) is 20.9 Å². The standard InChI is InChI=1S/C21H14ClFN2O4/c22-16-2-1-3-17-19(16)15(10-25(17)9-12-4-6-13(23)7-5-12)20(27)21(28)24-14-8-18(26)29-11-14/h1-8,10H,9,11H2,(H,24,28). The fourth-order valence-electron chi connectivity index (χ4n) is 3.17. The third-order valence-electron chi connectivity index (χ3n) is 4.51. The molecular formula is C21H14ClFN2O4. The molecule has 8 heteroatoms. The summed E-state index contributed by atoms with van der Waals surface area (Å²) < 4.78 is 19.7. The van der Waals surface area contributed by atoms with Gasteiger partial charge in [0, 0.05) is 24.2 Å². The smallest absolute Gasteiger partial charge is 0.333 e. The largest absolute Gasteiger partial charge is 0.456 e. The van der Waals surface area contributed by atoms with Gasteiger partial charge >= 0.3 is 5.97 Å². The lowest BCUT2D eigenvalue weighted by Gasteiger charge is -2.05. The number of hydrogen-bond donors (Lipinski definition) is 1. The minimum Gasteiger partial charge on any atom is -0.456 e. The average Bonchev–Trinajstić information content (AvgIpc) is 3.27. The van der Waals surface area contributed by atoms with E-state index in [1.165, 1.54) is 12.1 Å². The van der Waals surface area contributed by atoms with E-state index in [0.717, 1.165) is 11.6 Å². The van der Waals surface area contributed by atoms with Crippen molar-refractivity contribution < 1.29 is 23.5 Å². The number of nitrogens with one attached hydrogen (secondary N) is 1. The monoisotopic (exact) mass is 412 g/mol. The Morgan fingerprint density at radius 1 is 1.17 bits per heavy atom. The van der Waals surface area contributed by atoms with Crippen molar-refractivity contribution in [2.24, 2.45) is 0 Å². The van der Waals surface area contributed by atoms with Gasteiger partial charge in [0.1, 0.15) is 12.4 Å². The normalized spacial score (nSPS) is 13.3. The molecule has 3 aromatic rings. The van der Waals surface area contributed by atoms with Gasteiger partial charge in [0.2, 0.25) is 0 Å². The number of carbonyl (C=O) groups is 3. The minimum absolute atomic E-state index is 0.0923. The first-order valence-corrected chi connectivity index (χ1v) is 9.05. The van der Waals surface area contributed by atoms with Crippen molar-refractivity contribution >= 4 is 40.2 Å². The number of cyclic esters (lactones) is 1. The molecule has 2 aromatic carbocycles. The number of hydrogen-bond acceptors (Lipinski definition) is 4. The Balaban J connectivity index is 1.69. The Bertz CT molecular complexity index is 1180. The molecule has 6 nitrogen and oxygen atoms in total. The van der Waals surface area contributed by atoms with Crippen molar-refractivity contribution in [1.29, 1.82) is 0 Å². The predicted octanol–water partition coefficient (Wildman–Crippen LogP) is 3.22. The zero-order chi connectivity index (χ0) is 20.5. The highest BCUT2D eigenvalue weighted by molar-refractivity contribution is 6.47. The Hall–Kier alpha value is -3.45. The molecule has 0 radical (unpaired) electrons. The van der Waals surface area contributed by atoms with Crippen molar-refractivity contribution in [3.8, 4) is 0 Å². The number of esters is 1. The number of Topliss-reactive ketones (excluding diaryl/α,β-unsaturated/α-hetero) is 1.